The van der Waals surface area contributed by atoms with Gasteiger partial charge in [-0.2, -0.15) is 0 Å². The molecular weight excluding hydrogens is 208 g/mol. The first-order valence-corrected chi connectivity index (χ1v) is 4.76. The van der Waals surface area contributed by atoms with Gasteiger partial charge in [-0.3, -0.25) is 4.79 Å². The molecule has 0 unspecified atom stereocenters. The van der Waals surface area contributed by atoms with Gasteiger partial charge in [0.05, 0.1) is 0 Å². The van der Waals surface area contributed by atoms with Gasteiger partial charge in [-0.15, -0.1) is 0 Å². The Morgan fingerprint density at radius 2 is 2.25 bits per heavy atom. The topological polar surface area (TPSA) is 52.6 Å². The van der Waals surface area contributed by atoms with Gasteiger partial charge in [-0.1, -0.05) is 12.6 Å². The van der Waals surface area contributed by atoms with Crippen molar-refractivity contribution in [2.45, 2.75) is 6.92 Å². The number of ether oxygens (including phenoxy) is 2. The first-order chi connectivity index (χ1) is 7.59. The largest absolute Gasteiger partial charge is 0.485 e. The highest BCUT2D eigenvalue weighted by molar-refractivity contribution is 6.05. The van der Waals surface area contributed by atoms with Crippen LogP contribution in [0.2, 0.25) is 0 Å². The van der Waals surface area contributed by atoms with E-state index in [1.807, 2.05) is 0 Å². The van der Waals surface area contributed by atoms with E-state index in [9.17, 15) is 9.59 Å². The molecule has 4 heteroatoms. The van der Waals surface area contributed by atoms with E-state index in [0.29, 0.717) is 11.3 Å². The van der Waals surface area contributed by atoms with Crippen LogP contribution >= 0.6 is 0 Å². The molecule has 4 nitrogen and oxygen atoms in total. The molecule has 0 amide bonds. The van der Waals surface area contributed by atoms with Gasteiger partial charge in [-0.25, -0.2) is 4.79 Å². The highest BCUT2D eigenvalue weighted by Gasteiger charge is 2.26. The van der Waals surface area contributed by atoms with Crippen LogP contribution in [0.5, 0.6) is 11.5 Å². The van der Waals surface area contributed by atoms with E-state index in [1.54, 1.807) is 25.1 Å². The quantitative estimate of drug-likeness (QED) is 0.431. The van der Waals surface area contributed by atoms with E-state index in [-0.39, 0.29) is 23.7 Å². The summed E-state index contributed by atoms with van der Waals surface area (Å²) in [5.74, 6) is -0.0433. The van der Waals surface area contributed by atoms with Crippen molar-refractivity contribution in [3.05, 3.63) is 35.9 Å². The standard InChI is InChI=1S/C12H10O4/c1-7(2)12(14)16-10-5-3-4-9-11(10)8(13)6-15-9/h3-5H,1,6H2,2H3. The van der Waals surface area contributed by atoms with Crippen LogP contribution in [0.25, 0.3) is 0 Å². The van der Waals surface area contributed by atoms with Gasteiger partial charge in [0.25, 0.3) is 0 Å². The van der Waals surface area contributed by atoms with Crippen molar-refractivity contribution < 1.29 is 19.1 Å². The summed E-state index contributed by atoms with van der Waals surface area (Å²) in [4.78, 5) is 22.8. The van der Waals surface area contributed by atoms with Crippen molar-refractivity contribution in [3.63, 3.8) is 0 Å². The van der Waals surface area contributed by atoms with Gasteiger partial charge in [-0.05, 0) is 19.1 Å². The van der Waals surface area contributed by atoms with Crippen LogP contribution in [-0.2, 0) is 4.79 Å². The van der Waals surface area contributed by atoms with Crippen LogP contribution in [0.3, 0.4) is 0 Å². The molecular formula is C12H10O4. The molecule has 1 aliphatic heterocycles. The Bertz CT molecular complexity index is 488. The van der Waals surface area contributed by atoms with Crippen LogP contribution in [-0.4, -0.2) is 18.4 Å². The first kappa shape index (κ1) is 10.4. The van der Waals surface area contributed by atoms with Crippen LogP contribution in [0.15, 0.2) is 30.4 Å². The predicted octanol–water partition coefficient (Wildman–Crippen LogP) is 1.74. The molecule has 1 aliphatic rings. The zero-order valence-corrected chi connectivity index (χ0v) is 8.78. The number of Topliss-reactive ketones (excluding diaryl/α,β-unsaturated/α-hetero) is 1. The lowest BCUT2D eigenvalue weighted by Crippen LogP contribution is -2.10. The zero-order chi connectivity index (χ0) is 11.7. The number of benzene rings is 1. The summed E-state index contributed by atoms with van der Waals surface area (Å²) in [7, 11) is 0. The number of hydrogen-bond donors (Lipinski definition) is 0. The number of rotatable bonds is 2. The minimum absolute atomic E-state index is 0.00301. The molecule has 1 heterocycles. The molecule has 1 aromatic rings. The summed E-state index contributed by atoms with van der Waals surface area (Å²) in [6.45, 7) is 5.02. The fourth-order valence-corrected chi connectivity index (χ4v) is 1.39. The molecule has 0 radical (unpaired) electrons. The fraction of sp³-hybridized carbons (Fsp3) is 0.167. The average molecular weight is 218 g/mol. The summed E-state index contributed by atoms with van der Waals surface area (Å²) in [5, 5.41) is 0. The Hall–Kier alpha value is -2.10. The van der Waals surface area contributed by atoms with Gasteiger partial charge < -0.3 is 9.47 Å². The van der Waals surface area contributed by atoms with Gasteiger partial charge in [0.1, 0.15) is 17.1 Å². The number of hydrogen-bond acceptors (Lipinski definition) is 4. The van der Waals surface area contributed by atoms with Gasteiger partial charge in [0.15, 0.2) is 6.61 Å². The monoisotopic (exact) mass is 218 g/mol. The van der Waals surface area contributed by atoms with Crippen LogP contribution in [0.4, 0.5) is 0 Å². The normalized spacial score (nSPS) is 12.9. The van der Waals surface area contributed by atoms with Gasteiger partial charge in [0.2, 0.25) is 5.78 Å². The molecule has 0 atom stereocenters. The van der Waals surface area contributed by atoms with Gasteiger partial charge in [0, 0.05) is 5.57 Å². The summed E-state index contributed by atoms with van der Waals surface area (Å²) < 4.78 is 10.2. The summed E-state index contributed by atoms with van der Waals surface area (Å²) in [5.41, 5.74) is 0.612. The molecule has 0 spiro atoms. The molecule has 0 fully saturated rings. The second-order valence-electron chi connectivity index (χ2n) is 3.51. The Morgan fingerprint density at radius 3 is 2.94 bits per heavy atom. The van der Waals surface area contributed by atoms with Gasteiger partial charge >= 0.3 is 5.97 Å². The Balaban J connectivity index is 2.36. The molecule has 0 saturated heterocycles. The molecule has 0 aliphatic carbocycles. The molecule has 0 aromatic heterocycles. The second kappa shape index (κ2) is 3.81. The van der Waals surface area contributed by atoms with E-state index < -0.39 is 5.97 Å². The summed E-state index contributed by atoms with van der Waals surface area (Å²) in [6.07, 6.45) is 0. The van der Waals surface area contributed by atoms with Crippen LogP contribution in [0, 0.1) is 0 Å². The molecule has 0 saturated carbocycles. The Morgan fingerprint density at radius 1 is 1.50 bits per heavy atom. The second-order valence-corrected chi connectivity index (χ2v) is 3.51. The lowest BCUT2D eigenvalue weighted by atomic mass is 10.1. The van der Waals surface area contributed by atoms with E-state index in [2.05, 4.69) is 6.58 Å². The number of carbonyl (C=O) groups excluding carboxylic acids is 2. The lowest BCUT2D eigenvalue weighted by molar-refractivity contribution is -0.130. The number of fused-ring (bicyclic) bond motifs is 1. The lowest BCUT2D eigenvalue weighted by Gasteiger charge is -2.06. The predicted molar refractivity (Wildman–Crippen MR) is 56.7 cm³/mol. The Labute approximate surface area is 92.5 Å². The zero-order valence-electron chi connectivity index (χ0n) is 8.78. The summed E-state index contributed by atoms with van der Waals surface area (Å²) in [6, 6.07) is 4.89. The molecule has 0 bridgehead atoms. The highest BCUT2D eigenvalue weighted by Crippen LogP contribution is 2.33. The maximum atomic E-state index is 11.5. The molecule has 2 rings (SSSR count). The summed E-state index contributed by atoms with van der Waals surface area (Å²) >= 11 is 0. The minimum Gasteiger partial charge on any atom is -0.485 e. The van der Waals surface area contributed by atoms with E-state index in [1.165, 1.54) is 0 Å². The third kappa shape index (κ3) is 1.69. The van der Waals surface area contributed by atoms with Crippen LogP contribution < -0.4 is 9.47 Å². The van der Waals surface area contributed by atoms with Crippen molar-refractivity contribution in [2.24, 2.45) is 0 Å². The number of ketones is 1. The number of carbonyl (C=O) groups is 2. The van der Waals surface area contributed by atoms with E-state index in [0.717, 1.165) is 0 Å². The average Bonchev–Trinajstić information content (AvgIpc) is 2.61. The SMILES string of the molecule is C=C(C)C(=O)Oc1cccc2c1C(=O)CO2. The smallest absolute Gasteiger partial charge is 0.338 e. The van der Waals surface area contributed by atoms with Crippen molar-refractivity contribution in [3.8, 4) is 11.5 Å². The minimum atomic E-state index is -0.548. The molecule has 82 valence electrons. The fourth-order valence-electron chi connectivity index (χ4n) is 1.39. The molecule has 16 heavy (non-hydrogen) atoms. The van der Waals surface area contributed by atoms with Crippen molar-refractivity contribution in [1.82, 2.24) is 0 Å². The van der Waals surface area contributed by atoms with Crippen molar-refractivity contribution in [2.75, 3.05) is 6.61 Å². The highest BCUT2D eigenvalue weighted by atomic mass is 16.5. The van der Waals surface area contributed by atoms with E-state index in [4.69, 9.17) is 9.47 Å². The maximum absolute atomic E-state index is 11.5. The maximum Gasteiger partial charge on any atom is 0.338 e. The first-order valence-electron chi connectivity index (χ1n) is 4.76. The molecule has 1 aromatic carbocycles. The molecule has 0 N–H and O–H groups in total. The van der Waals surface area contributed by atoms with Crippen molar-refractivity contribution >= 4 is 11.8 Å². The van der Waals surface area contributed by atoms with Crippen LogP contribution in [0.1, 0.15) is 17.3 Å². The Kier molecular flexibility index (Phi) is 2.48. The van der Waals surface area contributed by atoms with Crippen molar-refractivity contribution in [1.29, 1.82) is 0 Å². The van der Waals surface area contributed by atoms with E-state index >= 15 is 0 Å². The third-order valence-corrected chi connectivity index (χ3v) is 2.18. The third-order valence-electron chi connectivity index (χ3n) is 2.18. The number of esters is 1.